The van der Waals surface area contributed by atoms with Crippen molar-refractivity contribution in [1.29, 1.82) is 0 Å². The summed E-state index contributed by atoms with van der Waals surface area (Å²) in [6.45, 7) is 2.03. The average molecular weight is 309 g/mol. The molecular formula is C17H15N3O3. The zero-order chi connectivity index (χ0) is 16.2. The Morgan fingerprint density at radius 2 is 2.09 bits per heavy atom. The van der Waals surface area contributed by atoms with Gasteiger partial charge < -0.3 is 9.52 Å². The maximum Gasteiger partial charge on any atom is 0.224 e. The number of aliphatic hydroxyl groups excluding tert-OH is 1. The Morgan fingerprint density at radius 3 is 2.78 bits per heavy atom. The molecule has 0 fully saturated rings. The minimum Gasteiger partial charge on any atom is -0.504 e. The number of benzene rings is 1. The maximum absolute atomic E-state index is 12.1. The Bertz CT molecular complexity index is 830. The number of aromatic nitrogens is 3. The second-order valence-electron chi connectivity index (χ2n) is 5.20. The van der Waals surface area contributed by atoms with Crippen LogP contribution in [0.4, 0.5) is 0 Å². The van der Waals surface area contributed by atoms with Gasteiger partial charge in [-0.1, -0.05) is 29.8 Å². The fraction of sp³-hybridized carbons (Fsp3) is 0.118. The fourth-order valence-corrected chi connectivity index (χ4v) is 2.13. The van der Waals surface area contributed by atoms with E-state index in [4.69, 9.17) is 4.42 Å². The molecule has 2 N–H and O–H groups in total. The number of ketones is 1. The van der Waals surface area contributed by atoms with Crippen molar-refractivity contribution >= 4 is 11.5 Å². The number of aryl methyl sites for hydroxylation is 1. The lowest BCUT2D eigenvalue weighted by atomic mass is 10.1. The number of H-pyrrole nitrogens is 1. The summed E-state index contributed by atoms with van der Waals surface area (Å²) in [7, 11) is 0. The highest BCUT2D eigenvalue weighted by Crippen LogP contribution is 2.16. The van der Waals surface area contributed by atoms with Crippen molar-refractivity contribution < 1.29 is 14.3 Å². The SMILES string of the molecule is Cc1ccc(Cc2coc(C(=O)C=C(O)c3nc[nH]n3)c2)cc1. The number of rotatable bonds is 5. The predicted octanol–water partition coefficient (Wildman–Crippen LogP) is 3.08. The van der Waals surface area contributed by atoms with Crippen LogP contribution in [0.5, 0.6) is 0 Å². The number of nitrogens with zero attached hydrogens (tertiary/aromatic N) is 2. The van der Waals surface area contributed by atoms with Gasteiger partial charge in [0.05, 0.1) is 6.26 Å². The molecule has 0 saturated heterocycles. The molecule has 3 rings (SSSR count). The van der Waals surface area contributed by atoms with Gasteiger partial charge in [-0.2, -0.15) is 5.10 Å². The van der Waals surface area contributed by atoms with Crippen molar-refractivity contribution in [1.82, 2.24) is 15.2 Å². The molecule has 0 radical (unpaired) electrons. The molecule has 1 aromatic carbocycles. The lowest BCUT2D eigenvalue weighted by molar-refractivity contribution is 0.102. The van der Waals surface area contributed by atoms with Crippen LogP contribution in [-0.2, 0) is 6.42 Å². The molecule has 3 aromatic rings. The first-order valence-electron chi connectivity index (χ1n) is 7.06. The number of carbonyl (C=O) groups is 1. The van der Waals surface area contributed by atoms with Gasteiger partial charge in [-0.05, 0) is 24.1 Å². The number of allylic oxidation sites excluding steroid dienone is 1. The molecule has 116 valence electrons. The van der Waals surface area contributed by atoms with Crippen molar-refractivity contribution in [2.45, 2.75) is 13.3 Å². The van der Waals surface area contributed by atoms with Crippen molar-refractivity contribution in [3.63, 3.8) is 0 Å². The van der Waals surface area contributed by atoms with Gasteiger partial charge in [0.1, 0.15) is 6.33 Å². The summed E-state index contributed by atoms with van der Waals surface area (Å²) in [5.41, 5.74) is 3.22. The molecule has 0 aliphatic carbocycles. The third-order valence-corrected chi connectivity index (χ3v) is 3.34. The number of hydrogen-bond acceptors (Lipinski definition) is 5. The van der Waals surface area contributed by atoms with E-state index in [9.17, 15) is 9.90 Å². The summed E-state index contributed by atoms with van der Waals surface area (Å²) in [5.74, 6) is -0.533. The molecule has 2 heterocycles. The Balaban J connectivity index is 1.72. The third-order valence-electron chi connectivity index (χ3n) is 3.34. The van der Waals surface area contributed by atoms with Gasteiger partial charge in [-0.15, -0.1) is 0 Å². The van der Waals surface area contributed by atoms with E-state index in [1.165, 1.54) is 11.9 Å². The third kappa shape index (κ3) is 3.55. The van der Waals surface area contributed by atoms with Gasteiger partial charge >= 0.3 is 0 Å². The predicted molar refractivity (Wildman–Crippen MR) is 84.0 cm³/mol. The van der Waals surface area contributed by atoms with Crippen molar-refractivity contribution in [2.75, 3.05) is 0 Å². The average Bonchev–Trinajstić information content (AvgIpc) is 3.21. The highest BCUT2D eigenvalue weighted by Gasteiger charge is 2.12. The van der Waals surface area contributed by atoms with Crippen LogP contribution in [0, 0.1) is 6.92 Å². The van der Waals surface area contributed by atoms with Crippen LogP contribution in [0.15, 0.2) is 53.4 Å². The van der Waals surface area contributed by atoms with E-state index in [-0.39, 0.29) is 17.3 Å². The molecule has 0 amide bonds. The van der Waals surface area contributed by atoms with E-state index in [1.807, 2.05) is 31.2 Å². The standard InChI is InChI=1S/C17H15N3O3/c1-11-2-4-12(5-3-11)6-13-7-16(23-9-13)14(21)8-15(22)17-18-10-19-20-17/h2-5,7-10,22H,6H2,1H3,(H,18,19,20). The molecule has 0 unspecified atom stereocenters. The molecule has 6 heteroatoms. The minimum absolute atomic E-state index is 0.0600. The zero-order valence-corrected chi connectivity index (χ0v) is 12.5. The Labute approximate surface area is 132 Å². The van der Waals surface area contributed by atoms with Gasteiger partial charge in [-0.25, -0.2) is 4.98 Å². The smallest absolute Gasteiger partial charge is 0.224 e. The largest absolute Gasteiger partial charge is 0.504 e. The van der Waals surface area contributed by atoms with Crippen LogP contribution in [0.25, 0.3) is 5.76 Å². The van der Waals surface area contributed by atoms with Gasteiger partial charge in [0, 0.05) is 12.5 Å². The van der Waals surface area contributed by atoms with E-state index < -0.39 is 5.78 Å². The van der Waals surface area contributed by atoms with E-state index >= 15 is 0 Å². The van der Waals surface area contributed by atoms with Crippen LogP contribution in [-0.4, -0.2) is 26.1 Å². The number of hydrogen-bond donors (Lipinski definition) is 2. The number of nitrogens with one attached hydrogen (secondary N) is 1. The van der Waals surface area contributed by atoms with Crippen molar-refractivity contribution in [3.05, 3.63) is 77.3 Å². The molecule has 0 spiro atoms. The number of aromatic amines is 1. The van der Waals surface area contributed by atoms with E-state index in [0.717, 1.165) is 17.2 Å². The monoisotopic (exact) mass is 309 g/mol. The Morgan fingerprint density at radius 1 is 1.30 bits per heavy atom. The first kappa shape index (κ1) is 14.8. The molecule has 2 aromatic heterocycles. The van der Waals surface area contributed by atoms with E-state index in [1.54, 1.807) is 12.3 Å². The molecule has 0 bridgehead atoms. The van der Waals surface area contributed by atoms with Crippen LogP contribution in [0.2, 0.25) is 0 Å². The first-order chi connectivity index (χ1) is 11.1. The van der Waals surface area contributed by atoms with Gasteiger partial charge in [0.15, 0.2) is 11.5 Å². The van der Waals surface area contributed by atoms with Crippen LogP contribution in [0.3, 0.4) is 0 Å². The van der Waals surface area contributed by atoms with Crippen LogP contribution < -0.4 is 0 Å². The Hall–Kier alpha value is -3.15. The van der Waals surface area contributed by atoms with Gasteiger partial charge in [0.2, 0.25) is 11.6 Å². The lowest BCUT2D eigenvalue weighted by Gasteiger charge is -1.98. The number of carbonyl (C=O) groups excluding carboxylic acids is 1. The van der Waals surface area contributed by atoms with E-state index in [0.29, 0.717) is 6.42 Å². The second kappa shape index (κ2) is 6.31. The van der Waals surface area contributed by atoms with Crippen LogP contribution in [0.1, 0.15) is 33.1 Å². The van der Waals surface area contributed by atoms with Crippen molar-refractivity contribution in [3.8, 4) is 0 Å². The molecular weight excluding hydrogens is 294 g/mol. The van der Waals surface area contributed by atoms with Crippen molar-refractivity contribution in [2.24, 2.45) is 0 Å². The summed E-state index contributed by atoms with van der Waals surface area (Å²) in [4.78, 5) is 15.8. The summed E-state index contributed by atoms with van der Waals surface area (Å²) in [6, 6.07) is 9.83. The minimum atomic E-state index is -0.442. The molecule has 0 aliphatic heterocycles. The summed E-state index contributed by atoms with van der Waals surface area (Å²) < 4.78 is 5.29. The summed E-state index contributed by atoms with van der Waals surface area (Å²) in [6.07, 6.45) is 4.58. The summed E-state index contributed by atoms with van der Waals surface area (Å²) >= 11 is 0. The first-order valence-corrected chi connectivity index (χ1v) is 7.06. The highest BCUT2D eigenvalue weighted by atomic mass is 16.3. The van der Waals surface area contributed by atoms with Gasteiger partial charge in [-0.3, -0.25) is 9.89 Å². The number of furan rings is 1. The zero-order valence-electron chi connectivity index (χ0n) is 12.5. The lowest BCUT2D eigenvalue weighted by Crippen LogP contribution is -1.96. The van der Waals surface area contributed by atoms with Crippen LogP contribution >= 0.6 is 0 Å². The van der Waals surface area contributed by atoms with E-state index in [2.05, 4.69) is 15.2 Å². The molecule has 0 aliphatic rings. The highest BCUT2D eigenvalue weighted by molar-refractivity contribution is 6.05. The maximum atomic E-state index is 12.1. The van der Waals surface area contributed by atoms with Gasteiger partial charge in [0.25, 0.3) is 0 Å². The molecule has 0 saturated carbocycles. The number of aliphatic hydroxyl groups is 1. The second-order valence-corrected chi connectivity index (χ2v) is 5.20. The molecule has 6 nitrogen and oxygen atoms in total. The topological polar surface area (TPSA) is 92.0 Å². The normalized spacial score (nSPS) is 11.6. The molecule has 0 atom stereocenters. The quantitative estimate of drug-likeness (QED) is 0.429. The molecule has 23 heavy (non-hydrogen) atoms. The Kier molecular flexibility index (Phi) is 4.05. The fourth-order valence-electron chi connectivity index (χ4n) is 2.13. The summed E-state index contributed by atoms with van der Waals surface area (Å²) in [5, 5.41) is 15.9.